The van der Waals surface area contributed by atoms with Gasteiger partial charge < -0.3 is 9.47 Å². The third-order valence-corrected chi connectivity index (χ3v) is 5.98. The minimum atomic E-state index is 0.346. The number of aryl methyl sites for hydroxylation is 1. The molecule has 0 unspecified atom stereocenters. The van der Waals surface area contributed by atoms with Crippen molar-refractivity contribution in [2.24, 2.45) is 7.05 Å². The lowest BCUT2D eigenvalue weighted by Crippen LogP contribution is -2.46. The molecule has 0 saturated carbocycles. The van der Waals surface area contributed by atoms with Crippen LogP contribution in [0, 0.1) is 0 Å². The molecule has 1 spiro atoms. The molecular formula is C20H28N4. The summed E-state index contributed by atoms with van der Waals surface area (Å²) in [7, 11) is 2.08. The van der Waals surface area contributed by atoms with E-state index in [2.05, 4.69) is 64.5 Å². The van der Waals surface area contributed by atoms with Crippen molar-refractivity contribution in [3.8, 4) is 0 Å². The van der Waals surface area contributed by atoms with Gasteiger partial charge in [-0.05, 0) is 51.4 Å². The maximum atomic E-state index is 4.48. The zero-order chi connectivity index (χ0) is 16.7. The highest BCUT2D eigenvalue weighted by molar-refractivity contribution is 5.63. The quantitative estimate of drug-likeness (QED) is 0.867. The zero-order valence-electron chi connectivity index (χ0n) is 15.1. The first-order valence-electron chi connectivity index (χ1n) is 9.14. The summed E-state index contributed by atoms with van der Waals surface area (Å²) in [4.78, 5) is 9.65. The molecule has 0 N–H and O–H groups in total. The van der Waals surface area contributed by atoms with Crippen molar-refractivity contribution >= 4 is 5.69 Å². The summed E-state index contributed by atoms with van der Waals surface area (Å²) in [5.74, 6) is 1.17. The van der Waals surface area contributed by atoms with Crippen molar-refractivity contribution in [3.05, 3.63) is 48.0 Å². The lowest BCUT2D eigenvalue weighted by atomic mass is 9.74. The molecule has 2 aliphatic heterocycles. The van der Waals surface area contributed by atoms with E-state index >= 15 is 0 Å². The zero-order valence-corrected chi connectivity index (χ0v) is 15.1. The predicted octanol–water partition coefficient (Wildman–Crippen LogP) is 3.18. The molecule has 4 heteroatoms. The highest BCUT2D eigenvalue weighted by atomic mass is 15.2. The summed E-state index contributed by atoms with van der Waals surface area (Å²) < 4.78 is 2.13. The van der Waals surface area contributed by atoms with Crippen LogP contribution in [0.1, 0.15) is 38.1 Å². The molecule has 0 amide bonds. The molecule has 2 aliphatic rings. The average Bonchev–Trinajstić information content (AvgIpc) is 3.13. The molecule has 1 aromatic carbocycles. The number of nitrogens with zero attached hydrogens (tertiary/aromatic N) is 4. The van der Waals surface area contributed by atoms with E-state index in [1.54, 1.807) is 5.56 Å². The number of imidazole rings is 1. The number of rotatable bonds is 3. The van der Waals surface area contributed by atoms with Gasteiger partial charge in [-0.1, -0.05) is 18.2 Å². The van der Waals surface area contributed by atoms with Crippen molar-refractivity contribution in [3.63, 3.8) is 0 Å². The van der Waals surface area contributed by atoms with Gasteiger partial charge >= 0.3 is 0 Å². The van der Waals surface area contributed by atoms with Crippen molar-refractivity contribution in [1.29, 1.82) is 0 Å². The minimum absolute atomic E-state index is 0.346. The molecular weight excluding hydrogens is 296 g/mol. The first-order valence-corrected chi connectivity index (χ1v) is 9.14. The highest BCUT2D eigenvalue weighted by Crippen LogP contribution is 2.47. The van der Waals surface area contributed by atoms with Gasteiger partial charge in [0.2, 0.25) is 0 Å². The fourth-order valence-corrected chi connectivity index (χ4v) is 4.45. The summed E-state index contributed by atoms with van der Waals surface area (Å²) >= 11 is 0. The van der Waals surface area contributed by atoms with E-state index < -0.39 is 0 Å². The van der Waals surface area contributed by atoms with Gasteiger partial charge in [0.1, 0.15) is 5.82 Å². The maximum absolute atomic E-state index is 4.48. The van der Waals surface area contributed by atoms with Crippen LogP contribution in [0.4, 0.5) is 5.69 Å². The lowest BCUT2D eigenvalue weighted by Gasteiger charge is -2.40. The maximum Gasteiger partial charge on any atom is 0.122 e. The Balaban J connectivity index is 1.51. The van der Waals surface area contributed by atoms with Crippen LogP contribution in [0.25, 0.3) is 0 Å². The Morgan fingerprint density at radius 3 is 2.58 bits per heavy atom. The molecule has 0 aliphatic carbocycles. The van der Waals surface area contributed by atoms with Crippen LogP contribution in [0.2, 0.25) is 0 Å². The molecule has 4 nitrogen and oxygen atoms in total. The molecule has 1 fully saturated rings. The SMILES string of the molecule is CC(C)N1CC2(CCN(Cc3nccn3C)CC2)c2ccccc21. The third kappa shape index (κ3) is 2.53. The van der Waals surface area contributed by atoms with E-state index in [-0.39, 0.29) is 0 Å². The Morgan fingerprint density at radius 1 is 1.17 bits per heavy atom. The van der Waals surface area contributed by atoms with E-state index in [1.807, 2.05) is 12.4 Å². The van der Waals surface area contributed by atoms with Crippen LogP contribution in [0.5, 0.6) is 0 Å². The molecule has 2 aromatic rings. The Bertz CT molecular complexity index is 710. The number of aromatic nitrogens is 2. The monoisotopic (exact) mass is 324 g/mol. The summed E-state index contributed by atoms with van der Waals surface area (Å²) in [6.07, 6.45) is 6.43. The summed E-state index contributed by atoms with van der Waals surface area (Å²) in [5.41, 5.74) is 3.39. The summed E-state index contributed by atoms with van der Waals surface area (Å²) in [6.45, 7) is 9.09. The molecule has 0 radical (unpaired) electrons. The van der Waals surface area contributed by atoms with Crippen molar-refractivity contribution in [1.82, 2.24) is 14.5 Å². The average molecular weight is 324 g/mol. The van der Waals surface area contributed by atoms with Gasteiger partial charge in [-0.3, -0.25) is 4.90 Å². The van der Waals surface area contributed by atoms with Crippen LogP contribution >= 0.6 is 0 Å². The number of hydrogen-bond acceptors (Lipinski definition) is 3. The third-order valence-electron chi connectivity index (χ3n) is 5.98. The largest absolute Gasteiger partial charge is 0.368 e. The second kappa shape index (κ2) is 5.92. The van der Waals surface area contributed by atoms with Gasteiger partial charge in [0, 0.05) is 43.1 Å². The molecule has 0 bridgehead atoms. The molecule has 4 rings (SSSR count). The van der Waals surface area contributed by atoms with Gasteiger partial charge in [0.15, 0.2) is 0 Å². The summed E-state index contributed by atoms with van der Waals surface area (Å²) in [6, 6.07) is 9.64. The fourth-order valence-electron chi connectivity index (χ4n) is 4.45. The smallest absolute Gasteiger partial charge is 0.122 e. The van der Waals surface area contributed by atoms with Gasteiger partial charge in [0.05, 0.1) is 6.54 Å². The first kappa shape index (κ1) is 15.7. The van der Waals surface area contributed by atoms with E-state index in [4.69, 9.17) is 0 Å². The highest BCUT2D eigenvalue weighted by Gasteiger charge is 2.44. The van der Waals surface area contributed by atoms with E-state index in [9.17, 15) is 0 Å². The topological polar surface area (TPSA) is 24.3 Å². The number of para-hydroxylation sites is 1. The lowest BCUT2D eigenvalue weighted by molar-refractivity contribution is 0.155. The van der Waals surface area contributed by atoms with Crippen LogP contribution in [0.3, 0.4) is 0 Å². The number of piperidine rings is 1. The second-order valence-electron chi connectivity index (χ2n) is 7.75. The Labute approximate surface area is 145 Å². The Kier molecular flexibility index (Phi) is 3.87. The number of fused-ring (bicyclic) bond motifs is 2. The molecule has 24 heavy (non-hydrogen) atoms. The normalized spacial score (nSPS) is 20.1. The Morgan fingerprint density at radius 2 is 1.92 bits per heavy atom. The van der Waals surface area contributed by atoms with E-state index in [0.717, 1.165) is 19.6 Å². The molecule has 3 heterocycles. The molecule has 128 valence electrons. The van der Waals surface area contributed by atoms with Gasteiger partial charge in [0.25, 0.3) is 0 Å². The number of hydrogen-bond donors (Lipinski definition) is 0. The number of likely N-dealkylation sites (tertiary alicyclic amines) is 1. The molecule has 0 atom stereocenters. The van der Waals surface area contributed by atoms with Gasteiger partial charge in [-0.15, -0.1) is 0 Å². The van der Waals surface area contributed by atoms with Gasteiger partial charge in [-0.2, -0.15) is 0 Å². The van der Waals surface area contributed by atoms with E-state index in [1.165, 1.54) is 30.9 Å². The first-order chi connectivity index (χ1) is 11.6. The number of anilines is 1. The Hall–Kier alpha value is -1.81. The minimum Gasteiger partial charge on any atom is -0.368 e. The number of benzene rings is 1. The van der Waals surface area contributed by atoms with Gasteiger partial charge in [-0.25, -0.2) is 4.98 Å². The molecule has 1 saturated heterocycles. The summed E-state index contributed by atoms with van der Waals surface area (Å²) in [5, 5.41) is 0. The second-order valence-corrected chi connectivity index (χ2v) is 7.75. The van der Waals surface area contributed by atoms with Crippen LogP contribution in [-0.2, 0) is 19.0 Å². The predicted molar refractivity (Wildman–Crippen MR) is 98.3 cm³/mol. The van der Waals surface area contributed by atoms with Crippen LogP contribution < -0.4 is 4.90 Å². The van der Waals surface area contributed by atoms with Crippen molar-refractivity contribution in [2.75, 3.05) is 24.5 Å². The van der Waals surface area contributed by atoms with Crippen molar-refractivity contribution in [2.45, 2.75) is 44.7 Å². The standard InChI is InChI=1S/C20H28N4/c1-16(2)24-15-20(17-6-4-5-7-18(17)24)8-11-23(12-9-20)14-19-21-10-13-22(19)3/h4-7,10,13,16H,8-9,11-12,14-15H2,1-3H3. The molecule has 1 aromatic heterocycles. The van der Waals surface area contributed by atoms with Crippen molar-refractivity contribution < 1.29 is 0 Å². The van der Waals surface area contributed by atoms with Crippen LogP contribution in [-0.4, -0.2) is 40.1 Å². The van der Waals surface area contributed by atoms with Crippen LogP contribution in [0.15, 0.2) is 36.7 Å². The van der Waals surface area contributed by atoms with E-state index in [0.29, 0.717) is 11.5 Å². The fraction of sp³-hybridized carbons (Fsp3) is 0.550.